The van der Waals surface area contributed by atoms with E-state index in [0.29, 0.717) is 23.6 Å². The molecule has 0 N–H and O–H groups in total. The largest absolute Gasteiger partial charge is 0.416 e. The monoisotopic (exact) mass is 634 g/mol. The first-order valence-electron chi connectivity index (χ1n) is 12.3. The quantitative estimate of drug-likeness (QED) is 0.196. The van der Waals surface area contributed by atoms with E-state index in [1.54, 1.807) is 0 Å². The minimum Gasteiger partial charge on any atom is -0.416 e. The van der Waals surface area contributed by atoms with Gasteiger partial charge in [0.15, 0.2) is 0 Å². The highest BCUT2D eigenvalue weighted by Gasteiger charge is 2.21. The summed E-state index contributed by atoms with van der Waals surface area (Å²) in [4.78, 5) is 0. The number of rotatable bonds is 4. The maximum atomic E-state index is 6.03. The van der Waals surface area contributed by atoms with Crippen molar-refractivity contribution in [3.8, 4) is 45.8 Å². The molecule has 0 amide bonds. The zero-order chi connectivity index (χ0) is 27.2. The fraction of sp³-hybridized carbons (Fsp3) is 0.267. The molecule has 8 heteroatoms. The summed E-state index contributed by atoms with van der Waals surface area (Å²) in [5, 5.41) is 17.1. The van der Waals surface area contributed by atoms with Crippen LogP contribution < -0.4 is 0 Å². The normalized spacial score (nSPS) is 12.2. The van der Waals surface area contributed by atoms with Crippen LogP contribution in [0.15, 0.2) is 78.4 Å². The predicted octanol–water partition coefficient (Wildman–Crippen LogP) is 9.24. The van der Waals surface area contributed by atoms with E-state index in [0.717, 1.165) is 31.2 Å². The van der Waals surface area contributed by atoms with Crippen LogP contribution in [0.3, 0.4) is 0 Å². The van der Waals surface area contributed by atoms with E-state index in [-0.39, 0.29) is 10.8 Å². The molecule has 38 heavy (non-hydrogen) atoms. The van der Waals surface area contributed by atoms with Crippen molar-refractivity contribution in [2.75, 3.05) is 0 Å². The van der Waals surface area contributed by atoms with Crippen molar-refractivity contribution in [1.29, 1.82) is 0 Å². The SMILES string of the molecule is CC(C)(C)c1ccc(-c2nnc(-c3cc(Br)c(-c4nnc(-c5ccc(C(C)(C)C)cc5)o4)cc3Br)o2)cc1. The Hall–Kier alpha value is -3.10. The van der Waals surface area contributed by atoms with E-state index in [4.69, 9.17) is 8.83 Å². The Kier molecular flexibility index (Phi) is 6.90. The maximum Gasteiger partial charge on any atom is 0.249 e. The van der Waals surface area contributed by atoms with Crippen molar-refractivity contribution in [3.05, 3.63) is 80.7 Å². The Balaban J connectivity index is 1.40. The average Bonchev–Trinajstić information content (AvgIpc) is 3.55. The summed E-state index contributed by atoms with van der Waals surface area (Å²) >= 11 is 7.30. The summed E-state index contributed by atoms with van der Waals surface area (Å²) in [6.07, 6.45) is 0. The second kappa shape index (κ2) is 9.89. The van der Waals surface area contributed by atoms with Crippen LogP contribution in [-0.4, -0.2) is 20.4 Å². The highest BCUT2D eigenvalue weighted by molar-refractivity contribution is 9.11. The molecular weight excluding hydrogens is 608 g/mol. The fourth-order valence-electron chi connectivity index (χ4n) is 4.00. The number of halogens is 2. The van der Waals surface area contributed by atoms with Gasteiger partial charge in [0.1, 0.15) is 0 Å². The van der Waals surface area contributed by atoms with Crippen LogP contribution in [0.2, 0.25) is 0 Å². The first kappa shape index (κ1) is 26.5. The lowest BCUT2D eigenvalue weighted by Crippen LogP contribution is -2.10. The highest BCUT2D eigenvalue weighted by atomic mass is 79.9. The first-order valence-corrected chi connectivity index (χ1v) is 13.9. The lowest BCUT2D eigenvalue weighted by atomic mass is 9.87. The molecule has 0 saturated heterocycles. The minimum absolute atomic E-state index is 0.0768. The van der Waals surface area contributed by atoms with Crippen LogP contribution in [0, 0.1) is 0 Å². The van der Waals surface area contributed by atoms with Gasteiger partial charge in [0, 0.05) is 20.1 Å². The van der Waals surface area contributed by atoms with Crippen LogP contribution in [0.25, 0.3) is 45.8 Å². The van der Waals surface area contributed by atoms with Gasteiger partial charge in [-0.05, 0) is 90.2 Å². The Labute approximate surface area is 239 Å². The molecule has 5 rings (SSSR count). The van der Waals surface area contributed by atoms with Crippen LogP contribution in [-0.2, 0) is 10.8 Å². The second-order valence-electron chi connectivity index (χ2n) is 11.3. The molecule has 6 nitrogen and oxygen atoms in total. The standard InChI is InChI=1S/C30H28Br2N4O2/c1-29(2,3)19-11-7-17(8-12-19)25-33-35-27(37-25)21-15-24(32)22(16-23(21)31)28-36-34-26(38-28)18-9-13-20(14-10-18)30(4,5)6/h7-16H,1-6H3. The summed E-state index contributed by atoms with van der Waals surface area (Å²) in [5.41, 5.74) is 5.89. The first-order chi connectivity index (χ1) is 17.9. The molecule has 0 bridgehead atoms. The van der Waals surface area contributed by atoms with Crippen molar-refractivity contribution in [2.24, 2.45) is 0 Å². The van der Waals surface area contributed by atoms with Gasteiger partial charge in [-0.3, -0.25) is 0 Å². The Morgan fingerprint density at radius 2 is 0.816 bits per heavy atom. The van der Waals surface area contributed by atoms with Crippen LogP contribution in [0.4, 0.5) is 0 Å². The molecule has 0 aliphatic carbocycles. The van der Waals surface area contributed by atoms with Gasteiger partial charge in [-0.2, -0.15) is 0 Å². The van der Waals surface area contributed by atoms with Gasteiger partial charge in [-0.1, -0.05) is 65.8 Å². The second-order valence-corrected chi connectivity index (χ2v) is 13.0. The molecule has 0 spiro atoms. The van der Waals surface area contributed by atoms with E-state index in [1.165, 1.54) is 11.1 Å². The lowest BCUT2D eigenvalue weighted by molar-refractivity contribution is 0.580. The van der Waals surface area contributed by atoms with Gasteiger partial charge in [0.25, 0.3) is 0 Å². The molecule has 3 aromatic carbocycles. The van der Waals surface area contributed by atoms with E-state index in [9.17, 15) is 0 Å². The Morgan fingerprint density at radius 3 is 1.13 bits per heavy atom. The molecule has 2 aromatic heterocycles. The summed E-state index contributed by atoms with van der Waals surface area (Å²) in [6.45, 7) is 13.1. The molecule has 0 fully saturated rings. The highest BCUT2D eigenvalue weighted by Crippen LogP contribution is 2.39. The summed E-state index contributed by atoms with van der Waals surface area (Å²) in [5.74, 6) is 1.74. The van der Waals surface area contributed by atoms with Crippen LogP contribution in [0.1, 0.15) is 52.7 Å². The third-order valence-corrected chi connectivity index (χ3v) is 7.68. The molecule has 5 aromatic rings. The maximum absolute atomic E-state index is 6.03. The number of hydrogen-bond acceptors (Lipinski definition) is 6. The molecule has 0 unspecified atom stereocenters. The summed E-state index contributed by atoms with van der Waals surface area (Å²) in [7, 11) is 0. The topological polar surface area (TPSA) is 77.8 Å². The molecule has 2 heterocycles. The number of nitrogens with zero attached hydrogens (tertiary/aromatic N) is 4. The zero-order valence-electron chi connectivity index (χ0n) is 22.1. The van der Waals surface area contributed by atoms with Crippen molar-refractivity contribution < 1.29 is 8.83 Å². The fourth-order valence-corrected chi connectivity index (χ4v) is 5.02. The van der Waals surface area contributed by atoms with E-state index in [1.807, 2.05) is 36.4 Å². The Bertz CT molecular complexity index is 1470. The van der Waals surface area contributed by atoms with Gasteiger partial charge >= 0.3 is 0 Å². The van der Waals surface area contributed by atoms with E-state index < -0.39 is 0 Å². The molecule has 0 aliphatic heterocycles. The molecule has 0 saturated carbocycles. The minimum atomic E-state index is 0.0768. The van der Waals surface area contributed by atoms with Crippen molar-refractivity contribution in [2.45, 2.75) is 52.4 Å². The summed E-state index contributed by atoms with van der Waals surface area (Å²) in [6, 6.07) is 20.2. The molecule has 0 aliphatic rings. The number of hydrogen-bond donors (Lipinski definition) is 0. The lowest BCUT2D eigenvalue weighted by Gasteiger charge is -2.18. The van der Waals surface area contributed by atoms with Crippen LogP contribution >= 0.6 is 31.9 Å². The zero-order valence-corrected chi connectivity index (χ0v) is 25.3. The summed E-state index contributed by atoms with van der Waals surface area (Å²) < 4.78 is 13.6. The average molecular weight is 636 g/mol. The van der Waals surface area contributed by atoms with Gasteiger partial charge in [-0.25, -0.2) is 0 Å². The third-order valence-electron chi connectivity index (χ3n) is 6.36. The van der Waals surface area contributed by atoms with Gasteiger partial charge in [-0.15, -0.1) is 20.4 Å². The van der Waals surface area contributed by atoms with Gasteiger partial charge in [0.2, 0.25) is 23.6 Å². The number of aromatic nitrogens is 4. The molecular formula is C30H28Br2N4O2. The van der Waals surface area contributed by atoms with Crippen molar-refractivity contribution >= 4 is 31.9 Å². The number of benzene rings is 3. The van der Waals surface area contributed by atoms with Gasteiger partial charge in [0.05, 0.1) is 11.1 Å². The van der Waals surface area contributed by atoms with Crippen molar-refractivity contribution in [1.82, 2.24) is 20.4 Å². The Morgan fingerprint density at radius 1 is 0.500 bits per heavy atom. The van der Waals surface area contributed by atoms with Crippen molar-refractivity contribution in [3.63, 3.8) is 0 Å². The smallest absolute Gasteiger partial charge is 0.249 e. The predicted molar refractivity (Wildman–Crippen MR) is 157 cm³/mol. The van der Waals surface area contributed by atoms with Gasteiger partial charge < -0.3 is 8.83 Å². The molecule has 0 radical (unpaired) electrons. The molecule has 0 atom stereocenters. The van der Waals surface area contributed by atoms with E-state index in [2.05, 4.69) is 118 Å². The van der Waals surface area contributed by atoms with E-state index >= 15 is 0 Å². The molecule has 194 valence electrons. The third kappa shape index (κ3) is 5.38. The van der Waals surface area contributed by atoms with Crippen LogP contribution in [0.5, 0.6) is 0 Å².